The Morgan fingerprint density at radius 3 is 2.78 bits per heavy atom. The molecule has 0 spiro atoms. The molecule has 1 aromatic carbocycles. The monoisotopic (exact) mass is 306 g/mol. The third-order valence-electron chi connectivity index (χ3n) is 2.72. The van der Waals surface area contributed by atoms with Crippen molar-refractivity contribution in [3.63, 3.8) is 0 Å². The highest BCUT2D eigenvalue weighted by Crippen LogP contribution is 2.18. The Kier molecular flexibility index (Phi) is 3.87. The van der Waals surface area contributed by atoms with Crippen LogP contribution in [0.3, 0.4) is 0 Å². The van der Waals surface area contributed by atoms with Crippen molar-refractivity contribution in [2.75, 3.05) is 0 Å². The van der Waals surface area contributed by atoms with Gasteiger partial charge in [-0.15, -0.1) is 0 Å². The molecule has 0 aliphatic carbocycles. The van der Waals surface area contributed by atoms with Crippen molar-refractivity contribution in [1.29, 1.82) is 0 Å². The number of nitrogens with one attached hydrogen (secondary N) is 1. The molecule has 1 heterocycles. The smallest absolute Gasteiger partial charge is 0.252 e. The van der Waals surface area contributed by atoms with Crippen LogP contribution in [0.5, 0.6) is 0 Å². The molecular formula is C14H15BrN2O. The largest absolute Gasteiger partial charge is 0.357 e. The molecule has 18 heavy (non-hydrogen) atoms. The van der Waals surface area contributed by atoms with Crippen molar-refractivity contribution in [1.82, 2.24) is 9.88 Å². The molecule has 0 unspecified atom stereocenters. The van der Waals surface area contributed by atoms with Crippen molar-refractivity contribution in [2.45, 2.75) is 13.5 Å². The second-order valence-corrected chi connectivity index (χ2v) is 5.21. The standard InChI is InChI=1S/C14H15BrN2O/c1-10-3-4-12(13(15)7-10)14(18)16-8-11-5-6-17(2)9-11/h3-7,9H,8H2,1-2H3,(H,16,18). The first-order valence-corrected chi connectivity index (χ1v) is 6.51. The highest BCUT2D eigenvalue weighted by Gasteiger charge is 2.09. The summed E-state index contributed by atoms with van der Waals surface area (Å²) in [6.07, 6.45) is 3.95. The molecule has 1 N–H and O–H groups in total. The van der Waals surface area contributed by atoms with Gasteiger partial charge in [0.2, 0.25) is 0 Å². The summed E-state index contributed by atoms with van der Waals surface area (Å²) in [7, 11) is 1.96. The Morgan fingerprint density at radius 2 is 2.17 bits per heavy atom. The zero-order valence-electron chi connectivity index (χ0n) is 10.4. The van der Waals surface area contributed by atoms with Gasteiger partial charge < -0.3 is 9.88 Å². The highest BCUT2D eigenvalue weighted by molar-refractivity contribution is 9.10. The Labute approximate surface area is 115 Å². The molecule has 0 saturated carbocycles. The molecule has 0 radical (unpaired) electrons. The van der Waals surface area contributed by atoms with Crippen molar-refractivity contribution in [2.24, 2.45) is 7.05 Å². The van der Waals surface area contributed by atoms with Gasteiger partial charge in [-0.1, -0.05) is 6.07 Å². The second-order valence-electron chi connectivity index (χ2n) is 4.35. The van der Waals surface area contributed by atoms with E-state index in [0.29, 0.717) is 12.1 Å². The number of benzene rings is 1. The normalized spacial score (nSPS) is 10.4. The van der Waals surface area contributed by atoms with Gasteiger partial charge in [-0.05, 0) is 52.2 Å². The average molecular weight is 307 g/mol. The summed E-state index contributed by atoms with van der Waals surface area (Å²) < 4.78 is 2.79. The van der Waals surface area contributed by atoms with Gasteiger partial charge in [0, 0.05) is 30.5 Å². The number of carbonyl (C=O) groups excluding carboxylic acids is 1. The second kappa shape index (κ2) is 5.40. The fourth-order valence-electron chi connectivity index (χ4n) is 1.75. The zero-order chi connectivity index (χ0) is 13.1. The van der Waals surface area contributed by atoms with Gasteiger partial charge in [-0.2, -0.15) is 0 Å². The minimum Gasteiger partial charge on any atom is -0.357 e. The summed E-state index contributed by atoms with van der Waals surface area (Å²) in [6, 6.07) is 7.70. The molecule has 2 aromatic rings. The topological polar surface area (TPSA) is 34.0 Å². The van der Waals surface area contributed by atoms with Gasteiger partial charge in [0.05, 0.1) is 5.56 Å². The Hall–Kier alpha value is -1.55. The first-order chi connectivity index (χ1) is 8.56. The highest BCUT2D eigenvalue weighted by atomic mass is 79.9. The summed E-state index contributed by atoms with van der Waals surface area (Å²) in [5.41, 5.74) is 2.88. The van der Waals surface area contributed by atoms with E-state index in [1.807, 2.05) is 55.2 Å². The fraction of sp³-hybridized carbons (Fsp3) is 0.214. The fourth-order valence-corrected chi connectivity index (χ4v) is 2.42. The van der Waals surface area contributed by atoms with Gasteiger partial charge >= 0.3 is 0 Å². The molecule has 0 aliphatic heterocycles. The zero-order valence-corrected chi connectivity index (χ0v) is 12.0. The first-order valence-electron chi connectivity index (χ1n) is 5.71. The molecule has 4 heteroatoms. The van der Waals surface area contributed by atoms with Gasteiger partial charge in [0.1, 0.15) is 0 Å². The number of halogens is 1. The van der Waals surface area contributed by atoms with Crippen molar-refractivity contribution in [3.8, 4) is 0 Å². The Balaban J connectivity index is 2.03. The van der Waals surface area contributed by atoms with Crippen LogP contribution in [0.15, 0.2) is 41.1 Å². The van der Waals surface area contributed by atoms with Crippen molar-refractivity contribution < 1.29 is 4.79 Å². The summed E-state index contributed by atoms with van der Waals surface area (Å²) in [5.74, 6) is -0.0641. The number of hydrogen-bond donors (Lipinski definition) is 1. The molecule has 1 amide bonds. The quantitative estimate of drug-likeness (QED) is 0.929. The number of hydrogen-bond acceptors (Lipinski definition) is 1. The maximum Gasteiger partial charge on any atom is 0.252 e. The van der Waals surface area contributed by atoms with E-state index in [4.69, 9.17) is 0 Å². The number of aryl methyl sites for hydroxylation is 2. The van der Waals surface area contributed by atoms with Gasteiger partial charge in [0.15, 0.2) is 0 Å². The Morgan fingerprint density at radius 1 is 1.39 bits per heavy atom. The van der Waals surface area contributed by atoms with Crippen LogP contribution in [-0.2, 0) is 13.6 Å². The number of rotatable bonds is 3. The molecule has 0 atom stereocenters. The van der Waals surface area contributed by atoms with Crippen molar-refractivity contribution in [3.05, 3.63) is 57.8 Å². The van der Waals surface area contributed by atoms with Crippen LogP contribution in [0.1, 0.15) is 21.5 Å². The lowest BCUT2D eigenvalue weighted by molar-refractivity contribution is 0.0950. The van der Waals surface area contributed by atoms with Crippen LogP contribution >= 0.6 is 15.9 Å². The molecule has 0 aliphatic rings. The minimum atomic E-state index is -0.0641. The average Bonchev–Trinajstić information content (AvgIpc) is 2.72. The van der Waals surface area contributed by atoms with E-state index in [2.05, 4.69) is 21.2 Å². The number of amides is 1. The van der Waals surface area contributed by atoms with E-state index in [0.717, 1.165) is 15.6 Å². The lowest BCUT2D eigenvalue weighted by atomic mass is 10.1. The lowest BCUT2D eigenvalue weighted by Gasteiger charge is -2.06. The third kappa shape index (κ3) is 3.01. The van der Waals surface area contributed by atoms with Crippen molar-refractivity contribution >= 4 is 21.8 Å². The van der Waals surface area contributed by atoms with E-state index in [9.17, 15) is 4.79 Å². The number of aromatic nitrogens is 1. The number of nitrogens with zero attached hydrogens (tertiary/aromatic N) is 1. The SMILES string of the molecule is Cc1ccc(C(=O)NCc2ccn(C)c2)c(Br)c1. The van der Waals surface area contributed by atoms with Crippen LogP contribution in [0, 0.1) is 6.92 Å². The lowest BCUT2D eigenvalue weighted by Crippen LogP contribution is -2.23. The summed E-state index contributed by atoms with van der Waals surface area (Å²) in [5, 5.41) is 2.91. The molecule has 0 saturated heterocycles. The molecule has 3 nitrogen and oxygen atoms in total. The maximum atomic E-state index is 12.0. The van der Waals surface area contributed by atoms with Crippen LogP contribution in [0.4, 0.5) is 0 Å². The third-order valence-corrected chi connectivity index (χ3v) is 3.37. The number of carbonyl (C=O) groups is 1. The van der Waals surface area contributed by atoms with Gasteiger partial charge in [-0.3, -0.25) is 4.79 Å². The van der Waals surface area contributed by atoms with Gasteiger partial charge in [0.25, 0.3) is 5.91 Å². The summed E-state index contributed by atoms with van der Waals surface area (Å²) in [4.78, 5) is 12.0. The molecule has 0 fully saturated rings. The molecule has 0 bridgehead atoms. The van der Waals surface area contributed by atoms with E-state index < -0.39 is 0 Å². The van der Waals surface area contributed by atoms with Crippen LogP contribution in [-0.4, -0.2) is 10.5 Å². The minimum absolute atomic E-state index is 0.0641. The summed E-state index contributed by atoms with van der Waals surface area (Å²) in [6.45, 7) is 2.54. The molecule has 94 valence electrons. The molecule has 1 aromatic heterocycles. The predicted molar refractivity (Wildman–Crippen MR) is 75.5 cm³/mol. The molecular weight excluding hydrogens is 292 g/mol. The maximum absolute atomic E-state index is 12.0. The van der Waals surface area contributed by atoms with E-state index in [-0.39, 0.29) is 5.91 Å². The first kappa shape index (κ1) is 12.9. The van der Waals surface area contributed by atoms with Crippen LogP contribution in [0.25, 0.3) is 0 Å². The predicted octanol–water partition coefficient (Wildman–Crippen LogP) is 3.03. The Bertz CT molecular complexity index is 575. The van der Waals surface area contributed by atoms with Gasteiger partial charge in [-0.25, -0.2) is 0 Å². The summed E-state index contributed by atoms with van der Waals surface area (Å²) >= 11 is 3.41. The van der Waals surface area contributed by atoms with E-state index in [1.165, 1.54) is 0 Å². The van der Waals surface area contributed by atoms with E-state index in [1.54, 1.807) is 0 Å². The van der Waals surface area contributed by atoms with Crippen LogP contribution < -0.4 is 5.32 Å². The van der Waals surface area contributed by atoms with Crippen LogP contribution in [0.2, 0.25) is 0 Å². The molecule has 2 rings (SSSR count). The van der Waals surface area contributed by atoms with E-state index >= 15 is 0 Å².